The van der Waals surface area contributed by atoms with Crippen molar-refractivity contribution < 1.29 is 5.21 Å². The number of oxime groups is 1. The van der Waals surface area contributed by atoms with Crippen LogP contribution in [0.25, 0.3) is 0 Å². The summed E-state index contributed by atoms with van der Waals surface area (Å²) in [6.45, 7) is 1.43. The number of hydrogen-bond donors (Lipinski definition) is 2. The van der Waals surface area contributed by atoms with Crippen molar-refractivity contribution in [1.82, 2.24) is 0 Å². The van der Waals surface area contributed by atoms with E-state index in [0.29, 0.717) is 0 Å². The first-order valence-electron chi connectivity index (χ1n) is 2.04. The SMILES string of the molecule is [B]C([B])(C)/C(N)=N/O. The molecule has 0 bridgehead atoms. The minimum atomic E-state index is -1.21. The summed E-state index contributed by atoms with van der Waals surface area (Å²) in [5.74, 6) is -0.183. The van der Waals surface area contributed by atoms with Gasteiger partial charge in [-0.3, -0.25) is 0 Å². The number of amidine groups is 1. The highest BCUT2D eigenvalue weighted by Gasteiger charge is 2.14. The summed E-state index contributed by atoms with van der Waals surface area (Å²) in [4.78, 5) is 0. The molecule has 0 heterocycles. The Morgan fingerprint density at radius 2 is 2.12 bits per heavy atom. The lowest BCUT2D eigenvalue weighted by atomic mass is 9.55. The summed E-state index contributed by atoms with van der Waals surface area (Å²) in [5, 5.41) is 9.36. The second-order valence-electron chi connectivity index (χ2n) is 1.77. The first-order chi connectivity index (χ1) is 3.48. The van der Waals surface area contributed by atoms with Gasteiger partial charge < -0.3 is 10.9 Å². The number of nitrogens with zero attached hydrogens (tertiary/aromatic N) is 1. The first-order valence-corrected chi connectivity index (χ1v) is 2.04. The third-order valence-corrected chi connectivity index (χ3v) is 0.660. The van der Waals surface area contributed by atoms with E-state index in [9.17, 15) is 0 Å². The zero-order valence-corrected chi connectivity index (χ0v) is 4.63. The quantitative estimate of drug-likeness (QED) is 0.152. The molecule has 3 N–H and O–H groups in total. The summed E-state index contributed by atoms with van der Waals surface area (Å²) in [6.07, 6.45) is 0. The molecule has 0 fully saturated rings. The van der Waals surface area contributed by atoms with Gasteiger partial charge in [0.2, 0.25) is 0 Å². The Bertz CT molecular complexity index is 106. The van der Waals surface area contributed by atoms with Gasteiger partial charge in [-0.2, -0.15) is 0 Å². The van der Waals surface area contributed by atoms with Crippen molar-refractivity contribution in [3.05, 3.63) is 0 Å². The van der Waals surface area contributed by atoms with E-state index in [4.69, 9.17) is 26.6 Å². The molecule has 0 aromatic carbocycles. The molecule has 0 aliphatic carbocycles. The van der Waals surface area contributed by atoms with Crippen molar-refractivity contribution in [3.8, 4) is 0 Å². The Morgan fingerprint density at radius 3 is 2.12 bits per heavy atom. The topological polar surface area (TPSA) is 58.6 Å². The predicted octanol–water partition coefficient (Wildman–Crippen LogP) is -0.794. The molecule has 5 heteroatoms. The van der Waals surface area contributed by atoms with Crippen molar-refractivity contribution in [2.75, 3.05) is 0 Å². The lowest BCUT2D eigenvalue weighted by Crippen LogP contribution is -2.28. The molecule has 0 saturated carbocycles. The molecule has 0 saturated heterocycles. The van der Waals surface area contributed by atoms with E-state index in [1.54, 1.807) is 0 Å². The van der Waals surface area contributed by atoms with Gasteiger partial charge in [0.05, 0.1) is 15.7 Å². The molecule has 0 aromatic heterocycles. The number of rotatable bonds is 1. The van der Waals surface area contributed by atoms with Crippen LogP contribution in [0, 0.1) is 0 Å². The van der Waals surface area contributed by atoms with Crippen LogP contribution in [-0.2, 0) is 0 Å². The highest BCUT2D eigenvalue weighted by Crippen LogP contribution is 2.11. The first kappa shape index (κ1) is 7.40. The number of nitrogens with two attached hydrogens (primary N) is 1. The van der Waals surface area contributed by atoms with Gasteiger partial charge >= 0.3 is 0 Å². The van der Waals surface area contributed by atoms with Crippen molar-refractivity contribution in [2.45, 2.75) is 12.1 Å². The Labute approximate surface area is 50.8 Å². The fourth-order valence-corrected chi connectivity index (χ4v) is 0.108. The van der Waals surface area contributed by atoms with Crippen LogP contribution in [-0.4, -0.2) is 26.7 Å². The van der Waals surface area contributed by atoms with Gasteiger partial charge in [-0.25, -0.2) is 0 Å². The van der Waals surface area contributed by atoms with Gasteiger partial charge in [0.1, 0.15) is 5.84 Å². The van der Waals surface area contributed by atoms with Crippen molar-refractivity contribution in [1.29, 1.82) is 0 Å². The standard InChI is InChI=1S/C3H6B2N2O/c1-3(4,5)2(6)7-8/h8H,1H3,(H2,6,7). The van der Waals surface area contributed by atoms with Crippen molar-refractivity contribution in [3.63, 3.8) is 0 Å². The second-order valence-corrected chi connectivity index (χ2v) is 1.77. The lowest BCUT2D eigenvalue weighted by molar-refractivity contribution is 0.316. The second kappa shape index (κ2) is 2.11. The molecule has 0 aliphatic rings. The maximum atomic E-state index is 7.97. The van der Waals surface area contributed by atoms with Crippen molar-refractivity contribution >= 4 is 21.5 Å². The third kappa shape index (κ3) is 1.91. The molecule has 40 valence electrons. The van der Waals surface area contributed by atoms with Gasteiger partial charge in [0.15, 0.2) is 0 Å². The van der Waals surface area contributed by atoms with Crippen LogP contribution in [0.15, 0.2) is 5.16 Å². The van der Waals surface area contributed by atoms with Crippen molar-refractivity contribution in [2.24, 2.45) is 10.9 Å². The predicted molar refractivity (Wildman–Crippen MR) is 33.3 cm³/mol. The molecule has 0 unspecified atom stereocenters. The summed E-state index contributed by atoms with van der Waals surface area (Å²) >= 11 is 0. The van der Waals surface area contributed by atoms with E-state index in [-0.39, 0.29) is 5.84 Å². The summed E-state index contributed by atoms with van der Waals surface area (Å²) in [6, 6.07) is 0. The number of hydrogen-bond acceptors (Lipinski definition) is 2. The summed E-state index contributed by atoms with van der Waals surface area (Å²) in [7, 11) is 10.3. The van der Waals surface area contributed by atoms with Crippen LogP contribution >= 0.6 is 0 Å². The molecule has 3 nitrogen and oxygen atoms in total. The monoisotopic (exact) mass is 108 g/mol. The van der Waals surface area contributed by atoms with Gasteiger partial charge in [-0.1, -0.05) is 12.1 Å². The smallest absolute Gasteiger partial charge is 0.127 e. The molecule has 0 rings (SSSR count). The molecular formula is C3H6B2N2O. The van der Waals surface area contributed by atoms with Crippen LogP contribution in [0.4, 0.5) is 0 Å². The third-order valence-electron chi connectivity index (χ3n) is 0.660. The molecule has 8 heavy (non-hydrogen) atoms. The Hall–Kier alpha value is -0.600. The van der Waals surface area contributed by atoms with E-state index in [1.807, 2.05) is 0 Å². The van der Waals surface area contributed by atoms with E-state index in [1.165, 1.54) is 6.92 Å². The Kier molecular flexibility index (Phi) is 1.95. The highest BCUT2D eigenvalue weighted by atomic mass is 16.4. The van der Waals surface area contributed by atoms with E-state index in [0.717, 1.165) is 0 Å². The van der Waals surface area contributed by atoms with Gasteiger partial charge in [0, 0.05) is 0 Å². The maximum absolute atomic E-state index is 7.97. The minimum absolute atomic E-state index is 0.183. The maximum Gasteiger partial charge on any atom is 0.127 e. The van der Waals surface area contributed by atoms with Gasteiger partial charge in [-0.05, 0) is 5.21 Å². The van der Waals surface area contributed by atoms with E-state index in [2.05, 4.69) is 5.16 Å². The fraction of sp³-hybridized carbons (Fsp3) is 0.667. The largest absolute Gasteiger partial charge is 0.409 e. The van der Waals surface area contributed by atoms with Crippen LogP contribution in [0.1, 0.15) is 6.92 Å². The average Bonchev–Trinajstić information content (AvgIpc) is 1.62. The van der Waals surface area contributed by atoms with E-state index < -0.39 is 5.21 Å². The van der Waals surface area contributed by atoms with Crippen LogP contribution in [0.2, 0.25) is 5.21 Å². The minimum Gasteiger partial charge on any atom is -0.409 e. The molecule has 0 aromatic rings. The van der Waals surface area contributed by atoms with Crippen LogP contribution < -0.4 is 5.73 Å². The molecule has 0 amide bonds. The van der Waals surface area contributed by atoms with Gasteiger partial charge in [0.25, 0.3) is 0 Å². The average molecular weight is 108 g/mol. The normalized spacial score (nSPS) is 13.9. The molecular weight excluding hydrogens is 102 g/mol. The molecule has 0 spiro atoms. The lowest BCUT2D eigenvalue weighted by Gasteiger charge is -2.15. The highest BCUT2D eigenvalue weighted by molar-refractivity contribution is 6.50. The Morgan fingerprint density at radius 1 is 1.75 bits per heavy atom. The Balaban J connectivity index is 4.03. The van der Waals surface area contributed by atoms with Crippen LogP contribution in [0.5, 0.6) is 0 Å². The van der Waals surface area contributed by atoms with Gasteiger partial charge in [-0.15, -0.1) is 0 Å². The zero-order chi connectivity index (χ0) is 6.78. The summed E-state index contributed by atoms with van der Waals surface area (Å²) in [5.41, 5.74) is 5.00. The summed E-state index contributed by atoms with van der Waals surface area (Å²) < 4.78 is 0. The molecule has 4 radical (unpaired) electrons. The van der Waals surface area contributed by atoms with Crippen LogP contribution in [0.3, 0.4) is 0 Å². The van der Waals surface area contributed by atoms with E-state index >= 15 is 0 Å². The molecule has 0 aliphatic heterocycles. The zero-order valence-electron chi connectivity index (χ0n) is 4.63. The fourth-order valence-electron chi connectivity index (χ4n) is 0.108. The molecule has 0 atom stereocenters.